The summed E-state index contributed by atoms with van der Waals surface area (Å²) in [4.78, 5) is 28.4. The van der Waals surface area contributed by atoms with Gasteiger partial charge in [-0.2, -0.15) is 0 Å². The first-order valence-corrected chi connectivity index (χ1v) is 9.99. The van der Waals surface area contributed by atoms with Gasteiger partial charge in [-0.1, -0.05) is 6.07 Å². The van der Waals surface area contributed by atoms with Crippen molar-refractivity contribution >= 4 is 17.6 Å². The third-order valence-corrected chi connectivity index (χ3v) is 5.06. The first-order chi connectivity index (χ1) is 15.0. The number of anilines is 1. The molecule has 1 heterocycles. The molecule has 1 aliphatic rings. The summed E-state index contributed by atoms with van der Waals surface area (Å²) in [6.45, 7) is 3.64. The summed E-state index contributed by atoms with van der Waals surface area (Å²) in [7, 11) is 3.00. The van der Waals surface area contributed by atoms with Crippen LogP contribution in [0.5, 0.6) is 11.5 Å². The number of ether oxygens (including phenoxy) is 2. The number of nitrogens with zero attached hydrogens (tertiary/aromatic N) is 2. The van der Waals surface area contributed by atoms with Gasteiger partial charge in [-0.25, -0.2) is 9.18 Å². The molecule has 2 aromatic rings. The van der Waals surface area contributed by atoms with Gasteiger partial charge in [0.1, 0.15) is 5.75 Å². The largest absolute Gasteiger partial charge is 0.497 e. The molecule has 1 saturated heterocycles. The number of carbonyl (C=O) groups is 2. The summed E-state index contributed by atoms with van der Waals surface area (Å²) in [5.41, 5.74) is 1.44. The lowest BCUT2D eigenvalue weighted by Gasteiger charge is -2.34. The summed E-state index contributed by atoms with van der Waals surface area (Å²) in [5.74, 6) is 0.175. The quantitative estimate of drug-likeness (QED) is 0.702. The molecular weight excluding hydrogens is 403 g/mol. The number of imide groups is 1. The molecule has 3 rings (SSSR count). The van der Waals surface area contributed by atoms with Crippen molar-refractivity contribution in [2.75, 3.05) is 52.3 Å². The van der Waals surface area contributed by atoms with Gasteiger partial charge in [-0.05, 0) is 42.0 Å². The van der Waals surface area contributed by atoms with Crippen LogP contribution < -0.4 is 20.1 Å². The predicted octanol–water partition coefficient (Wildman–Crippen LogP) is 2.31. The fraction of sp³-hybridized carbons (Fsp3) is 0.364. The minimum atomic E-state index is -0.574. The van der Waals surface area contributed by atoms with Crippen LogP contribution in [0.3, 0.4) is 0 Å². The Labute approximate surface area is 180 Å². The summed E-state index contributed by atoms with van der Waals surface area (Å²) in [6.07, 6.45) is 0. The molecule has 0 radical (unpaired) electrons. The molecule has 0 unspecified atom stereocenters. The molecule has 0 atom stereocenters. The highest BCUT2D eigenvalue weighted by atomic mass is 19.1. The summed E-state index contributed by atoms with van der Waals surface area (Å²) < 4.78 is 23.9. The van der Waals surface area contributed by atoms with Gasteiger partial charge in [0.2, 0.25) is 5.91 Å². The van der Waals surface area contributed by atoms with Gasteiger partial charge in [-0.15, -0.1) is 0 Å². The maximum Gasteiger partial charge on any atom is 0.325 e. The molecule has 0 aromatic heterocycles. The Kier molecular flexibility index (Phi) is 7.80. The first kappa shape index (κ1) is 22.5. The van der Waals surface area contributed by atoms with E-state index >= 15 is 0 Å². The van der Waals surface area contributed by atoms with Gasteiger partial charge in [0.05, 0.1) is 20.8 Å². The molecule has 31 heavy (non-hydrogen) atoms. The maximum absolute atomic E-state index is 13.9. The Morgan fingerprint density at radius 2 is 1.65 bits per heavy atom. The Balaban J connectivity index is 1.39. The number of piperazine rings is 1. The zero-order valence-electron chi connectivity index (χ0n) is 17.7. The van der Waals surface area contributed by atoms with E-state index in [1.165, 1.54) is 13.2 Å². The van der Waals surface area contributed by atoms with Crippen LogP contribution in [-0.2, 0) is 11.3 Å². The molecule has 0 spiro atoms. The summed E-state index contributed by atoms with van der Waals surface area (Å²) >= 11 is 0. The fourth-order valence-electron chi connectivity index (χ4n) is 3.38. The van der Waals surface area contributed by atoms with E-state index in [0.717, 1.165) is 18.7 Å². The molecule has 1 fully saturated rings. The number of carbonyl (C=O) groups excluding carboxylic acids is 2. The van der Waals surface area contributed by atoms with Gasteiger partial charge in [-0.3, -0.25) is 19.9 Å². The highest BCUT2D eigenvalue weighted by molar-refractivity contribution is 6.01. The molecular formula is C22H27FN4O4. The van der Waals surface area contributed by atoms with E-state index in [2.05, 4.69) is 15.5 Å². The predicted molar refractivity (Wildman–Crippen MR) is 115 cm³/mol. The van der Waals surface area contributed by atoms with Gasteiger partial charge in [0.25, 0.3) is 0 Å². The second-order valence-corrected chi connectivity index (χ2v) is 7.25. The molecule has 0 bridgehead atoms. The van der Waals surface area contributed by atoms with E-state index < -0.39 is 6.03 Å². The Bertz CT molecular complexity index is 899. The highest BCUT2D eigenvalue weighted by Gasteiger charge is 2.20. The first-order valence-electron chi connectivity index (χ1n) is 9.99. The van der Waals surface area contributed by atoms with Crippen LogP contribution in [0.15, 0.2) is 42.5 Å². The second kappa shape index (κ2) is 10.7. The minimum absolute atomic E-state index is 0.140. The number of methoxy groups -OCH3 is 2. The normalized spacial score (nSPS) is 14.7. The van der Waals surface area contributed by atoms with Crippen molar-refractivity contribution in [2.24, 2.45) is 0 Å². The van der Waals surface area contributed by atoms with Crippen LogP contribution >= 0.6 is 0 Å². The number of amides is 3. The van der Waals surface area contributed by atoms with Crippen LogP contribution in [-0.4, -0.2) is 68.7 Å². The Morgan fingerprint density at radius 1 is 0.968 bits per heavy atom. The van der Waals surface area contributed by atoms with Gasteiger partial charge < -0.3 is 14.8 Å². The fourth-order valence-corrected chi connectivity index (χ4v) is 3.38. The number of benzene rings is 2. The summed E-state index contributed by atoms with van der Waals surface area (Å²) in [6, 6.07) is 11.2. The minimum Gasteiger partial charge on any atom is -0.497 e. The lowest BCUT2D eigenvalue weighted by Crippen LogP contribution is -2.50. The monoisotopic (exact) mass is 430 g/mol. The highest BCUT2D eigenvalue weighted by Crippen LogP contribution is 2.19. The van der Waals surface area contributed by atoms with Crippen molar-refractivity contribution in [3.63, 3.8) is 0 Å². The van der Waals surface area contributed by atoms with Crippen LogP contribution in [0.25, 0.3) is 0 Å². The molecule has 9 heteroatoms. The molecule has 2 aromatic carbocycles. The Hall–Kier alpha value is -3.17. The average Bonchev–Trinajstić information content (AvgIpc) is 2.75. The molecule has 8 nitrogen and oxygen atoms in total. The van der Waals surface area contributed by atoms with Crippen molar-refractivity contribution in [3.8, 4) is 11.5 Å². The van der Waals surface area contributed by atoms with E-state index in [-0.39, 0.29) is 24.0 Å². The number of urea groups is 1. The molecule has 1 aliphatic heterocycles. The Morgan fingerprint density at radius 3 is 2.26 bits per heavy atom. The lowest BCUT2D eigenvalue weighted by atomic mass is 10.2. The van der Waals surface area contributed by atoms with Gasteiger partial charge >= 0.3 is 6.03 Å². The molecule has 2 N–H and O–H groups in total. The number of nitrogens with one attached hydrogen (secondary N) is 2. The zero-order chi connectivity index (χ0) is 22.2. The van der Waals surface area contributed by atoms with E-state index in [1.54, 1.807) is 37.4 Å². The number of hydrogen-bond acceptors (Lipinski definition) is 6. The van der Waals surface area contributed by atoms with Gasteiger partial charge in [0.15, 0.2) is 11.6 Å². The van der Waals surface area contributed by atoms with Crippen LogP contribution in [0, 0.1) is 5.82 Å². The number of halogens is 1. The van der Waals surface area contributed by atoms with E-state index in [1.807, 2.05) is 11.0 Å². The molecule has 3 amide bonds. The maximum atomic E-state index is 13.9. The topological polar surface area (TPSA) is 83.1 Å². The third kappa shape index (κ3) is 6.66. The average molecular weight is 430 g/mol. The SMILES string of the molecule is COc1ccc(NC(=O)NC(=O)CN2CCN(Cc3ccc(OC)c(F)c3)CC2)cc1. The molecule has 0 aliphatic carbocycles. The smallest absolute Gasteiger partial charge is 0.325 e. The van der Waals surface area contributed by atoms with Crippen molar-refractivity contribution in [2.45, 2.75) is 6.54 Å². The third-order valence-electron chi connectivity index (χ3n) is 5.06. The molecule has 0 saturated carbocycles. The van der Waals surface area contributed by atoms with E-state index in [0.29, 0.717) is 31.1 Å². The van der Waals surface area contributed by atoms with Crippen molar-refractivity contribution in [1.82, 2.24) is 15.1 Å². The second-order valence-electron chi connectivity index (χ2n) is 7.25. The zero-order valence-corrected chi connectivity index (χ0v) is 17.7. The van der Waals surface area contributed by atoms with E-state index in [9.17, 15) is 14.0 Å². The summed E-state index contributed by atoms with van der Waals surface area (Å²) in [5, 5.41) is 4.96. The van der Waals surface area contributed by atoms with Crippen LogP contribution in [0.1, 0.15) is 5.56 Å². The van der Waals surface area contributed by atoms with E-state index in [4.69, 9.17) is 9.47 Å². The van der Waals surface area contributed by atoms with Crippen molar-refractivity contribution in [1.29, 1.82) is 0 Å². The van der Waals surface area contributed by atoms with Crippen molar-refractivity contribution in [3.05, 3.63) is 53.8 Å². The number of hydrogen-bond donors (Lipinski definition) is 2. The number of rotatable bonds is 7. The molecule has 166 valence electrons. The van der Waals surface area contributed by atoms with Crippen LogP contribution in [0.4, 0.5) is 14.9 Å². The standard InChI is InChI=1S/C22H27FN4O4/c1-30-18-6-4-17(5-7-18)24-22(29)25-21(28)15-27-11-9-26(10-12-27)14-16-3-8-20(31-2)19(23)13-16/h3-8,13H,9-12,14-15H2,1-2H3,(H2,24,25,28,29). The van der Waals surface area contributed by atoms with Crippen LogP contribution in [0.2, 0.25) is 0 Å². The lowest BCUT2D eigenvalue weighted by molar-refractivity contribution is -0.121. The van der Waals surface area contributed by atoms with Gasteiger partial charge in [0, 0.05) is 38.4 Å². The van der Waals surface area contributed by atoms with Crippen molar-refractivity contribution < 1.29 is 23.5 Å².